The molecule has 0 heterocycles. The zero-order valence-corrected chi connectivity index (χ0v) is 42.0. The molecule has 0 aliphatic heterocycles. The molecular weight excluding hydrogens is 757 g/mol. The van der Waals surface area contributed by atoms with Gasteiger partial charge in [0.05, 0.1) is 0 Å². The molecule has 61 heavy (non-hydrogen) atoms. The highest BCUT2D eigenvalue weighted by atomic mass is 16.6. The van der Waals surface area contributed by atoms with Crippen molar-refractivity contribution in [3.05, 3.63) is 0 Å². The lowest BCUT2D eigenvalue weighted by Crippen LogP contribution is -2.30. The summed E-state index contributed by atoms with van der Waals surface area (Å²) in [7, 11) is 0. The van der Waals surface area contributed by atoms with Gasteiger partial charge >= 0.3 is 17.9 Å². The highest BCUT2D eigenvalue weighted by molar-refractivity contribution is 5.71. The summed E-state index contributed by atoms with van der Waals surface area (Å²) in [4.78, 5) is 37.9. The van der Waals surface area contributed by atoms with Gasteiger partial charge < -0.3 is 14.2 Å². The molecule has 0 aliphatic rings. The molecule has 0 saturated carbocycles. The molecule has 0 bridgehead atoms. The first-order valence-corrected chi connectivity index (χ1v) is 27.1. The van der Waals surface area contributed by atoms with E-state index in [-0.39, 0.29) is 31.1 Å². The van der Waals surface area contributed by atoms with E-state index < -0.39 is 6.10 Å². The minimum Gasteiger partial charge on any atom is -0.462 e. The summed E-state index contributed by atoms with van der Waals surface area (Å²) in [6, 6.07) is 0. The SMILES string of the molecule is CC(C)CCCCCCCCCCCCCCCCCC(=O)OC[C@H](COC(=O)CCCCCCCCCCCCCCCC(C)C)OC(=O)CCCCCCCCC(C)C. The number of unbranched alkanes of at least 4 members (excludes halogenated alkanes) is 31. The number of esters is 3. The summed E-state index contributed by atoms with van der Waals surface area (Å²) < 4.78 is 16.8. The van der Waals surface area contributed by atoms with E-state index in [1.54, 1.807) is 0 Å². The molecule has 0 aromatic carbocycles. The topological polar surface area (TPSA) is 78.9 Å². The average molecular weight is 863 g/mol. The Bertz CT molecular complexity index is 945. The van der Waals surface area contributed by atoms with Crippen LogP contribution in [0.2, 0.25) is 0 Å². The average Bonchev–Trinajstić information content (AvgIpc) is 3.22. The Morgan fingerprint density at radius 2 is 0.475 bits per heavy atom. The van der Waals surface area contributed by atoms with Gasteiger partial charge in [-0.15, -0.1) is 0 Å². The first kappa shape index (κ1) is 59.4. The number of carbonyl (C=O) groups excluding carboxylic acids is 3. The molecule has 0 aliphatic carbocycles. The molecule has 1 atom stereocenters. The quantitative estimate of drug-likeness (QED) is 0.0344. The van der Waals surface area contributed by atoms with Gasteiger partial charge in [-0.1, -0.05) is 260 Å². The third kappa shape index (κ3) is 49.3. The van der Waals surface area contributed by atoms with Crippen molar-refractivity contribution in [3.63, 3.8) is 0 Å². The first-order chi connectivity index (χ1) is 29.6. The van der Waals surface area contributed by atoms with E-state index in [2.05, 4.69) is 41.5 Å². The molecule has 6 heteroatoms. The zero-order valence-electron chi connectivity index (χ0n) is 42.0. The Morgan fingerprint density at radius 3 is 0.705 bits per heavy atom. The van der Waals surface area contributed by atoms with Crippen LogP contribution >= 0.6 is 0 Å². The summed E-state index contributed by atoms with van der Waals surface area (Å²) in [6.45, 7) is 13.7. The van der Waals surface area contributed by atoms with Gasteiger partial charge in [-0.25, -0.2) is 0 Å². The van der Waals surface area contributed by atoms with E-state index in [0.29, 0.717) is 19.3 Å². The predicted octanol–water partition coefficient (Wildman–Crippen LogP) is 17.6. The maximum atomic E-state index is 12.7. The van der Waals surface area contributed by atoms with E-state index in [1.165, 1.54) is 180 Å². The second-order valence-corrected chi connectivity index (χ2v) is 20.3. The predicted molar refractivity (Wildman–Crippen MR) is 261 cm³/mol. The van der Waals surface area contributed by atoms with E-state index in [0.717, 1.165) is 75.5 Å². The molecule has 0 saturated heterocycles. The highest BCUT2D eigenvalue weighted by Crippen LogP contribution is 2.18. The molecule has 0 unspecified atom stereocenters. The van der Waals surface area contributed by atoms with E-state index in [1.807, 2.05) is 0 Å². The lowest BCUT2D eigenvalue weighted by Gasteiger charge is -2.18. The second-order valence-electron chi connectivity index (χ2n) is 20.3. The largest absolute Gasteiger partial charge is 0.462 e. The normalized spacial score (nSPS) is 12.1. The molecule has 0 radical (unpaired) electrons. The van der Waals surface area contributed by atoms with Gasteiger partial charge in [0.15, 0.2) is 6.10 Å². The Hall–Kier alpha value is -1.59. The van der Waals surface area contributed by atoms with Crippen LogP contribution in [0.25, 0.3) is 0 Å². The minimum atomic E-state index is -0.763. The van der Waals surface area contributed by atoms with E-state index in [4.69, 9.17) is 14.2 Å². The molecule has 0 aromatic heterocycles. The van der Waals surface area contributed by atoms with Gasteiger partial charge in [-0.2, -0.15) is 0 Å². The van der Waals surface area contributed by atoms with Crippen LogP contribution in [0.5, 0.6) is 0 Å². The van der Waals surface area contributed by atoms with Gasteiger partial charge in [0.25, 0.3) is 0 Å². The summed E-state index contributed by atoms with van der Waals surface area (Å²) in [6.07, 6.45) is 46.8. The smallest absolute Gasteiger partial charge is 0.306 e. The monoisotopic (exact) mass is 863 g/mol. The molecule has 0 N–H and O–H groups in total. The van der Waals surface area contributed by atoms with Crippen molar-refractivity contribution in [2.75, 3.05) is 13.2 Å². The zero-order chi connectivity index (χ0) is 44.9. The van der Waals surface area contributed by atoms with Gasteiger partial charge in [0.2, 0.25) is 0 Å². The Labute approximate surface area is 380 Å². The Kier molecular flexibility index (Phi) is 45.2. The fourth-order valence-corrected chi connectivity index (χ4v) is 8.29. The lowest BCUT2D eigenvalue weighted by molar-refractivity contribution is -0.167. The van der Waals surface area contributed by atoms with Crippen molar-refractivity contribution >= 4 is 17.9 Å². The van der Waals surface area contributed by atoms with Crippen molar-refractivity contribution in [2.45, 2.75) is 304 Å². The maximum absolute atomic E-state index is 12.7. The summed E-state index contributed by atoms with van der Waals surface area (Å²) >= 11 is 0. The molecule has 0 spiro atoms. The first-order valence-electron chi connectivity index (χ1n) is 27.1. The summed E-state index contributed by atoms with van der Waals surface area (Å²) in [5.41, 5.74) is 0. The molecule has 0 aromatic rings. The summed E-state index contributed by atoms with van der Waals surface area (Å²) in [5.74, 6) is 1.59. The fraction of sp³-hybridized carbons (Fsp3) is 0.945. The number of carbonyl (C=O) groups is 3. The molecule has 6 nitrogen and oxygen atoms in total. The number of rotatable bonds is 48. The van der Waals surface area contributed by atoms with E-state index >= 15 is 0 Å². The molecule has 0 rings (SSSR count). The standard InChI is InChI=1S/C55H106O6/c1-49(2)41-35-29-23-19-15-11-8-7-9-13-17-21-25-32-38-44-53(56)59-47-52(61-55(58)46-40-34-28-27-31-37-43-51(5)6)48-60-54(57)45-39-33-26-22-18-14-10-12-16-20-24-30-36-42-50(3)4/h49-52H,7-48H2,1-6H3/t52-/m1/s1. The molecule has 0 fully saturated rings. The van der Waals surface area contributed by atoms with Crippen LogP contribution in [0.4, 0.5) is 0 Å². The van der Waals surface area contributed by atoms with Crippen LogP contribution in [0.1, 0.15) is 298 Å². The van der Waals surface area contributed by atoms with Crippen molar-refractivity contribution < 1.29 is 28.6 Å². The highest BCUT2D eigenvalue weighted by Gasteiger charge is 2.19. The summed E-state index contributed by atoms with van der Waals surface area (Å²) in [5, 5.41) is 0. The third-order valence-electron chi connectivity index (χ3n) is 12.4. The van der Waals surface area contributed by atoms with Crippen LogP contribution in [0, 0.1) is 17.8 Å². The van der Waals surface area contributed by atoms with Crippen LogP contribution < -0.4 is 0 Å². The van der Waals surface area contributed by atoms with Crippen LogP contribution in [0.3, 0.4) is 0 Å². The third-order valence-corrected chi connectivity index (χ3v) is 12.4. The number of ether oxygens (including phenoxy) is 3. The second kappa shape index (κ2) is 46.4. The van der Waals surface area contributed by atoms with Crippen LogP contribution in [-0.2, 0) is 28.6 Å². The van der Waals surface area contributed by atoms with Crippen molar-refractivity contribution in [1.82, 2.24) is 0 Å². The Morgan fingerprint density at radius 1 is 0.279 bits per heavy atom. The van der Waals surface area contributed by atoms with Crippen LogP contribution in [-0.4, -0.2) is 37.2 Å². The van der Waals surface area contributed by atoms with Gasteiger partial charge in [-0.05, 0) is 37.0 Å². The Balaban J connectivity index is 4.21. The maximum Gasteiger partial charge on any atom is 0.306 e. The van der Waals surface area contributed by atoms with Crippen molar-refractivity contribution in [2.24, 2.45) is 17.8 Å². The molecule has 362 valence electrons. The molecule has 0 amide bonds. The lowest BCUT2D eigenvalue weighted by atomic mass is 10.0. The van der Waals surface area contributed by atoms with Crippen LogP contribution in [0.15, 0.2) is 0 Å². The van der Waals surface area contributed by atoms with E-state index in [9.17, 15) is 14.4 Å². The molecular formula is C55H106O6. The number of hydrogen-bond acceptors (Lipinski definition) is 6. The van der Waals surface area contributed by atoms with Gasteiger partial charge in [0, 0.05) is 19.3 Å². The van der Waals surface area contributed by atoms with Crippen molar-refractivity contribution in [1.29, 1.82) is 0 Å². The van der Waals surface area contributed by atoms with Gasteiger partial charge in [-0.3, -0.25) is 14.4 Å². The number of hydrogen-bond donors (Lipinski definition) is 0. The fourth-order valence-electron chi connectivity index (χ4n) is 8.29. The minimum absolute atomic E-state index is 0.0652. The van der Waals surface area contributed by atoms with Crippen molar-refractivity contribution in [3.8, 4) is 0 Å². The van der Waals surface area contributed by atoms with Gasteiger partial charge in [0.1, 0.15) is 13.2 Å².